The molecule has 3 aliphatic heterocycles. The molecule has 1 amide bonds. The molecule has 3 fully saturated rings. The Morgan fingerprint density at radius 2 is 2.08 bits per heavy atom. The van der Waals surface area contributed by atoms with Crippen molar-refractivity contribution in [3.05, 3.63) is 0 Å². The van der Waals surface area contributed by atoms with Crippen LogP contribution >= 0.6 is 0 Å². The van der Waals surface area contributed by atoms with E-state index in [-0.39, 0.29) is 11.3 Å². The monoisotopic (exact) mass is 364 g/mol. The summed E-state index contributed by atoms with van der Waals surface area (Å²) in [7, 11) is 1.87. The minimum absolute atomic E-state index is 0.106. The number of carbonyl (C=O) groups is 1. The van der Waals surface area contributed by atoms with E-state index in [9.17, 15) is 4.79 Å². The first-order chi connectivity index (χ1) is 12.5. The van der Waals surface area contributed by atoms with E-state index in [1.165, 1.54) is 13.1 Å². The zero-order valence-corrected chi connectivity index (χ0v) is 16.8. The highest BCUT2D eigenvalue weighted by molar-refractivity contribution is 5.81. The van der Waals surface area contributed by atoms with Crippen molar-refractivity contribution in [2.75, 3.05) is 66.0 Å². The Balaban J connectivity index is 1.49. The molecule has 0 saturated carbocycles. The van der Waals surface area contributed by atoms with Gasteiger partial charge in [-0.2, -0.15) is 0 Å². The summed E-state index contributed by atoms with van der Waals surface area (Å²) in [4.78, 5) is 23.7. The maximum Gasteiger partial charge on any atom is 0.220 e. The van der Waals surface area contributed by atoms with Crippen LogP contribution < -0.4 is 10.6 Å². The Hall–Kier alpha value is -1.34. The summed E-state index contributed by atoms with van der Waals surface area (Å²) in [5.41, 5.74) is 0.106. The van der Waals surface area contributed by atoms with Crippen molar-refractivity contribution in [2.24, 2.45) is 10.4 Å². The molecule has 3 saturated heterocycles. The number of piperidine rings is 1. The number of likely N-dealkylation sites (tertiary alicyclic amines) is 1. The Bertz CT molecular complexity index is 516. The topological polar surface area (TPSA) is 63.2 Å². The number of piperazine rings is 1. The normalized spacial score (nSPS) is 29.9. The van der Waals surface area contributed by atoms with Crippen molar-refractivity contribution in [2.45, 2.75) is 39.2 Å². The van der Waals surface area contributed by atoms with Crippen molar-refractivity contribution in [3.63, 3.8) is 0 Å². The number of hydrogen-bond donors (Lipinski definition) is 2. The van der Waals surface area contributed by atoms with E-state index < -0.39 is 0 Å². The number of aliphatic imine (C=N–C) groups is 1. The maximum atomic E-state index is 11.7. The molecule has 148 valence electrons. The highest BCUT2D eigenvalue weighted by Crippen LogP contribution is 2.35. The molecule has 2 N–H and O–H groups in total. The smallest absolute Gasteiger partial charge is 0.220 e. The SMILES string of the molecule is CCN1CCN(C(C)CNC(=NC)N2CCCC3(CNC(=O)C3)C2)CC1. The lowest BCUT2D eigenvalue weighted by molar-refractivity contribution is -0.119. The minimum Gasteiger partial charge on any atom is -0.355 e. The summed E-state index contributed by atoms with van der Waals surface area (Å²) >= 11 is 0. The molecule has 2 atom stereocenters. The second-order valence-electron chi connectivity index (χ2n) is 8.23. The van der Waals surface area contributed by atoms with Gasteiger partial charge in [-0.25, -0.2) is 0 Å². The van der Waals surface area contributed by atoms with E-state index in [1.54, 1.807) is 0 Å². The number of hydrogen-bond acceptors (Lipinski definition) is 4. The third kappa shape index (κ3) is 4.49. The van der Waals surface area contributed by atoms with Gasteiger partial charge in [0.15, 0.2) is 5.96 Å². The van der Waals surface area contributed by atoms with Gasteiger partial charge in [0, 0.05) is 77.3 Å². The fourth-order valence-corrected chi connectivity index (χ4v) is 4.65. The first kappa shape index (κ1) is 19.4. The van der Waals surface area contributed by atoms with Crippen LogP contribution in [0.2, 0.25) is 0 Å². The molecule has 7 heteroatoms. The first-order valence-electron chi connectivity index (χ1n) is 10.2. The molecule has 3 aliphatic rings. The van der Waals surface area contributed by atoms with E-state index in [1.807, 2.05) is 7.05 Å². The lowest BCUT2D eigenvalue weighted by Crippen LogP contribution is -2.55. The lowest BCUT2D eigenvalue weighted by Gasteiger charge is -2.41. The van der Waals surface area contributed by atoms with Crippen molar-refractivity contribution < 1.29 is 4.79 Å². The number of likely N-dealkylation sites (N-methyl/N-ethyl adjacent to an activating group) is 1. The molecule has 0 aliphatic carbocycles. The van der Waals surface area contributed by atoms with E-state index in [4.69, 9.17) is 0 Å². The van der Waals surface area contributed by atoms with E-state index in [0.29, 0.717) is 12.5 Å². The standard InChI is InChI=1S/C19H36N6O/c1-4-23-8-10-24(11-9-23)16(2)13-21-18(20-3)25-7-5-6-19(15-25)12-17(26)22-14-19/h16H,4-15H2,1-3H3,(H,20,21)(H,22,26). The van der Waals surface area contributed by atoms with Crippen molar-refractivity contribution >= 4 is 11.9 Å². The minimum atomic E-state index is 0.106. The highest BCUT2D eigenvalue weighted by atomic mass is 16.1. The van der Waals surface area contributed by atoms with E-state index in [0.717, 1.165) is 64.6 Å². The van der Waals surface area contributed by atoms with Crippen LogP contribution in [0.15, 0.2) is 4.99 Å². The molecule has 7 nitrogen and oxygen atoms in total. The number of nitrogens with zero attached hydrogens (tertiary/aromatic N) is 4. The Kier molecular flexibility index (Phi) is 6.40. The van der Waals surface area contributed by atoms with Crippen molar-refractivity contribution in [1.29, 1.82) is 0 Å². The van der Waals surface area contributed by atoms with Crippen LogP contribution in [0, 0.1) is 5.41 Å². The molecular formula is C19H36N6O. The molecule has 0 aromatic heterocycles. The third-order valence-corrected chi connectivity index (χ3v) is 6.40. The van der Waals surface area contributed by atoms with Crippen LogP contribution in [-0.2, 0) is 4.79 Å². The molecular weight excluding hydrogens is 328 g/mol. The Morgan fingerprint density at radius 1 is 1.31 bits per heavy atom. The quantitative estimate of drug-likeness (QED) is 0.551. The van der Waals surface area contributed by atoms with Gasteiger partial charge in [-0.3, -0.25) is 14.7 Å². The van der Waals surface area contributed by atoms with Gasteiger partial charge in [0.25, 0.3) is 0 Å². The number of guanidine groups is 1. The van der Waals surface area contributed by atoms with Gasteiger partial charge in [0.1, 0.15) is 0 Å². The second-order valence-corrected chi connectivity index (χ2v) is 8.23. The third-order valence-electron chi connectivity index (χ3n) is 6.40. The van der Waals surface area contributed by atoms with Crippen LogP contribution in [0.4, 0.5) is 0 Å². The van der Waals surface area contributed by atoms with Gasteiger partial charge >= 0.3 is 0 Å². The van der Waals surface area contributed by atoms with Crippen LogP contribution in [0.1, 0.15) is 33.1 Å². The Labute approximate surface area is 158 Å². The van der Waals surface area contributed by atoms with Gasteiger partial charge in [0.2, 0.25) is 5.91 Å². The number of nitrogens with one attached hydrogen (secondary N) is 2. The zero-order chi connectivity index (χ0) is 18.6. The molecule has 0 aromatic carbocycles. The molecule has 0 bridgehead atoms. The van der Waals surface area contributed by atoms with Crippen molar-refractivity contribution in [3.8, 4) is 0 Å². The predicted molar refractivity (Wildman–Crippen MR) is 105 cm³/mol. The van der Waals surface area contributed by atoms with E-state index in [2.05, 4.69) is 44.2 Å². The average Bonchev–Trinajstić information content (AvgIpc) is 3.02. The van der Waals surface area contributed by atoms with Gasteiger partial charge in [-0.05, 0) is 26.3 Å². The summed E-state index contributed by atoms with van der Waals surface area (Å²) in [5, 5.41) is 6.62. The predicted octanol–water partition coefficient (Wildman–Crippen LogP) is 0.190. The second kappa shape index (κ2) is 8.57. The lowest BCUT2D eigenvalue weighted by atomic mass is 9.79. The largest absolute Gasteiger partial charge is 0.355 e. The van der Waals surface area contributed by atoms with Crippen LogP contribution in [0.25, 0.3) is 0 Å². The summed E-state index contributed by atoms with van der Waals surface area (Å²) in [5.74, 6) is 1.19. The Morgan fingerprint density at radius 3 is 2.69 bits per heavy atom. The summed E-state index contributed by atoms with van der Waals surface area (Å²) < 4.78 is 0. The first-order valence-corrected chi connectivity index (χ1v) is 10.2. The molecule has 3 heterocycles. The van der Waals surface area contributed by atoms with Gasteiger partial charge < -0.3 is 20.4 Å². The number of rotatable bonds is 4. The maximum absolute atomic E-state index is 11.7. The van der Waals surface area contributed by atoms with E-state index >= 15 is 0 Å². The molecule has 0 radical (unpaired) electrons. The van der Waals surface area contributed by atoms with Gasteiger partial charge in [-0.1, -0.05) is 6.92 Å². The molecule has 26 heavy (non-hydrogen) atoms. The van der Waals surface area contributed by atoms with Gasteiger partial charge in [0.05, 0.1) is 0 Å². The molecule has 1 spiro atoms. The molecule has 2 unspecified atom stereocenters. The molecule has 3 rings (SSSR count). The fraction of sp³-hybridized carbons (Fsp3) is 0.895. The summed E-state index contributed by atoms with van der Waals surface area (Å²) in [6.45, 7) is 14.0. The van der Waals surface area contributed by atoms with Crippen LogP contribution in [-0.4, -0.2) is 98.6 Å². The van der Waals surface area contributed by atoms with Gasteiger partial charge in [-0.15, -0.1) is 0 Å². The fourth-order valence-electron chi connectivity index (χ4n) is 4.65. The zero-order valence-electron chi connectivity index (χ0n) is 16.8. The summed E-state index contributed by atoms with van der Waals surface area (Å²) in [6, 6.07) is 0.499. The van der Waals surface area contributed by atoms with Crippen LogP contribution in [0.5, 0.6) is 0 Å². The van der Waals surface area contributed by atoms with Crippen molar-refractivity contribution in [1.82, 2.24) is 25.3 Å². The highest BCUT2D eigenvalue weighted by Gasteiger charge is 2.42. The number of amides is 1. The molecule has 0 aromatic rings. The van der Waals surface area contributed by atoms with Crippen LogP contribution in [0.3, 0.4) is 0 Å². The summed E-state index contributed by atoms with van der Waals surface area (Å²) in [6.07, 6.45) is 2.93. The average molecular weight is 365 g/mol. The number of carbonyl (C=O) groups excluding carboxylic acids is 1.